The first-order chi connectivity index (χ1) is 10.2. The highest BCUT2D eigenvalue weighted by Gasteiger charge is 2.34. The van der Waals surface area contributed by atoms with E-state index in [2.05, 4.69) is 22.5 Å². The Bertz CT molecular complexity index is 342. The Morgan fingerprint density at radius 3 is 2.57 bits per heavy atom. The summed E-state index contributed by atoms with van der Waals surface area (Å²) in [7, 11) is 0. The number of hydrogen-bond donors (Lipinski definition) is 2. The topological polar surface area (TPSA) is 44.4 Å². The van der Waals surface area contributed by atoms with E-state index in [0.717, 1.165) is 19.5 Å². The van der Waals surface area contributed by atoms with Crippen molar-refractivity contribution in [2.24, 2.45) is 11.8 Å². The molecule has 3 rings (SSSR count). The van der Waals surface area contributed by atoms with Crippen LogP contribution in [0.2, 0.25) is 0 Å². The lowest BCUT2D eigenvalue weighted by Crippen LogP contribution is -2.40. The van der Waals surface area contributed by atoms with Gasteiger partial charge in [-0.1, -0.05) is 6.92 Å². The van der Waals surface area contributed by atoms with Gasteiger partial charge in [0.05, 0.1) is 0 Å². The Morgan fingerprint density at radius 2 is 1.90 bits per heavy atom. The fourth-order valence-corrected chi connectivity index (χ4v) is 4.43. The van der Waals surface area contributed by atoms with Crippen LogP contribution in [0.4, 0.5) is 0 Å². The Morgan fingerprint density at radius 1 is 1.24 bits per heavy atom. The molecule has 0 aromatic rings. The van der Waals surface area contributed by atoms with Gasteiger partial charge >= 0.3 is 0 Å². The van der Waals surface area contributed by atoms with Gasteiger partial charge in [-0.25, -0.2) is 0 Å². The quantitative estimate of drug-likeness (QED) is 0.784. The molecular weight excluding hydrogens is 262 g/mol. The van der Waals surface area contributed by atoms with Crippen LogP contribution in [-0.2, 0) is 4.79 Å². The van der Waals surface area contributed by atoms with Crippen LogP contribution < -0.4 is 10.6 Å². The third-order valence-corrected chi connectivity index (χ3v) is 5.46. The minimum atomic E-state index is 0.273. The molecule has 120 valence electrons. The molecule has 3 heterocycles. The van der Waals surface area contributed by atoms with Gasteiger partial charge in [-0.15, -0.1) is 0 Å². The zero-order chi connectivity index (χ0) is 14.7. The van der Waals surface area contributed by atoms with Crippen LogP contribution in [0.1, 0.15) is 51.9 Å². The van der Waals surface area contributed by atoms with Gasteiger partial charge in [0.15, 0.2) is 0 Å². The molecule has 0 saturated carbocycles. The molecule has 1 amide bonds. The van der Waals surface area contributed by atoms with E-state index < -0.39 is 0 Å². The minimum absolute atomic E-state index is 0.273. The molecule has 4 nitrogen and oxygen atoms in total. The van der Waals surface area contributed by atoms with Crippen LogP contribution in [0.25, 0.3) is 0 Å². The van der Waals surface area contributed by atoms with Crippen LogP contribution in [0, 0.1) is 11.8 Å². The van der Waals surface area contributed by atoms with Gasteiger partial charge in [0.25, 0.3) is 0 Å². The first-order valence-corrected chi connectivity index (χ1v) is 8.94. The van der Waals surface area contributed by atoms with E-state index in [-0.39, 0.29) is 5.91 Å². The second kappa shape index (κ2) is 7.10. The van der Waals surface area contributed by atoms with Crippen molar-refractivity contribution in [3.05, 3.63) is 0 Å². The molecule has 3 atom stereocenters. The summed E-state index contributed by atoms with van der Waals surface area (Å²) in [6.07, 6.45) is 8.46. The number of hydrogen-bond acceptors (Lipinski definition) is 3. The largest absolute Gasteiger partial charge is 0.356 e. The second-order valence-corrected chi connectivity index (χ2v) is 7.60. The van der Waals surface area contributed by atoms with Crippen molar-refractivity contribution in [2.45, 2.75) is 64.0 Å². The summed E-state index contributed by atoms with van der Waals surface area (Å²) in [5.74, 6) is 1.45. The number of fused-ring (bicyclic) bond motifs is 2. The van der Waals surface area contributed by atoms with Crippen molar-refractivity contribution in [1.29, 1.82) is 0 Å². The van der Waals surface area contributed by atoms with Crippen LogP contribution in [0.15, 0.2) is 0 Å². The number of piperidine rings is 1. The van der Waals surface area contributed by atoms with Gasteiger partial charge in [-0.3, -0.25) is 4.79 Å². The summed E-state index contributed by atoms with van der Waals surface area (Å²) in [4.78, 5) is 14.7. The van der Waals surface area contributed by atoms with Crippen LogP contribution >= 0.6 is 0 Å². The number of likely N-dealkylation sites (tertiary alicyclic amines) is 1. The van der Waals surface area contributed by atoms with E-state index in [1.54, 1.807) is 0 Å². The lowest BCUT2D eigenvalue weighted by molar-refractivity contribution is -0.122. The normalized spacial score (nSPS) is 34.0. The summed E-state index contributed by atoms with van der Waals surface area (Å²) in [5, 5.41) is 6.81. The first-order valence-electron chi connectivity index (χ1n) is 8.94. The van der Waals surface area contributed by atoms with Crippen LogP contribution in [0.5, 0.6) is 0 Å². The monoisotopic (exact) mass is 293 g/mol. The third-order valence-electron chi connectivity index (χ3n) is 5.46. The molecule has 2 N–H and O–H groups in total. The summed E-state index contributed by atoms with van der Waals surface area (Å²) in [6, 6.07) is 1.38. The summed E-state index contributed by atoms with van der Waals surface area (Å²) < 4.78 is 0. The van der Waals surface area contributed by atoms with Crippen molar-refractivity contribution in [3.8, 4) is 0 Å². The average Bonchev–Trinajstić information content (AvgIpc) is 3.06. The van der Waals surface area contributed by atoms with Gasteiger partial charge in [0, 0.05) is 31.6 Å². The predicted molar refractivity (Wildman–Crippen MR) is 85.1 cm³/mol. The van der Waals surface area contributed by atoms with E-state index in [9.17, 15) is 4.79 Å². The minimum Gasteiger partial charge on any atom is -0.356 e. The highest BCUT2D eigenvalue weighted by molar-refractivity contribution is 5.76. The molecule has 3 aliphatic rings. The molecule has 21 heavy (non-hydrogen) atoms. The van der Waals surface area contributed by atoms with E-state index in [0.29, 0.717) is 23.9 Å². The maximum Gasteiger partial charge on any atom is 0.220 e. The summed E-state index contributed by atoms with van der Waals surface area (Å²) >= 11 is 0. The molecule has 3 saturated heterocycles. The molecule has 2 bridgehead atoms. The van der Waals surface area contributed by atoms with E-state index in [4.69, 9.17) is 0 Å². The third kappa shape index (κ3) is 4.43. The average molecular weight is 293 g/mol. The molecule has 0 aromatic carbocycles. The zero-order valence-electron chi connectivity index (χ0n) is 13.4. The van der Waals surface area contributed by atoms with Crippen molar-refractivity contribution < 1.29 is 4.79 Å². The van der Waals surface area contributed by atoms with Crippen molar-refractivity contribution in [3.63, 3.8) is 0 Å². The molecular formula is C17H31N3O. The second-order valence-electron chi connectivity index (χ2n) is 7.60. The zero-order valence-corrected chi connectivity index (χ0v) is 13.4. The highest BCUT2D eigenvalue weighted by Crippen LogP contribution is 2.32. The molecule has 0 spiro atoms. The molecule has 0 aliphatic carbocycles. The van der Waals surface area contributed by atoms with Gasteiger partial charge in [0.1, 0.15) is 0 Å². The maximum absolute atomic E-state index is 12.1. The fourth-order valence-electron chi connectivity index (χ4n) is 4.43. The van der Waals surface area contributed by atoms with Crippen molar-refractivity contribution in [2.75, 3.05) is 26.2 Å². The molecule has 3 unspecified atom stereocenters. The van der Waals surface area contributed by atoms with Gasteiger partial charge in [0.2, 0.25) is 5.91 Å². The van der Waals surface area contributed by atoms with Gasteiger partial charge in [-0.05, 0) is 63.5 Å². The Hall–Kier alpha value is -0.610. The van der Waals surface area contributed by atoms with Crippen molar-refractivity contribution in [1.82, 2.24) is 15.5 Å². The van der Waals surface area contributed by atoms with E-state index in [1.165, 1.54) is 51.6 Å². The van der Waals surface area contributed by atoms with Gasteiger partial charge in [-0.2, -0.15) is 0 Å². The predicted octanol–water partition coefficient (Wildman–Crippen LogP) is 1.76. The van der Waals surface area contributed by atoms with E-state index in [1.807, 2.05) is 0 Å². The van der Waals surface area contributed by atoms with Crippen LogP contribution in [0.3, 0.4) is 0 Å². The number of nitrogens with zero attached hydrogens (tertiary/aromatic N) is 1. The molecule has 0 aromatic heterocycles. The van der Waals surface area contributed by atoms with E-state index >= 15 is 0 Å². The Balaban J connectivity index is 1.32. The Kier molecular flexibility index (Phi) is 5.17. The lowest BCUT2D eigenvalue weighted by atomic mass is 9.89. The maximum atomic E-state index is 12.1. The lowest BCUT2D eigenvalue weighted by Gasteiger charge is -2.28. The number of nitrogens with one attached hydrogen (secondary N) is 2. The number of carbonyl (C=O) groups excluding carboxylic acids is 1. The molecule has 3 aliphatic heterocycles. The number of rotatable bonds is 6. The molecule has 0 radical (unpaired) electrons. The van der Waals surface area contributed by atoms with Crippen LogP contribution in [-0.4, -0.2) is 49.1 Å². The SMILES string of the molecule is CC(CNC(=O)CC1CC2CCC(C1)N2)CN1CCCC1. The number of amides is 1. The Labute approximate surface area is 129 Å². The number of carbonyl (C=O) groups is 1. The fraction of sp³-hybridized carbons (Fsp3) is 0.941. The smallest absolute Gasteiger partial charge is 0.220 e. The first kappa shape index (κ1) is 15.3. The highest BCUT2D eigenvalue weighted by atomic mass is 16.1. The molecule has 4 heteroatoms. The standard InChI is InChI=1S/C17H31N3O/c1-13(12-20-6-2-3-7-20)11-18-17(21)10-14-8-15-4-5-16(9-14)19-15/h13-16,19H,2-12H2,1H3,(H,18,21). The summed E-state index contributed by atoms with van der Waals surface area (Å²) in [5.41, 5.74) is 0. The van der Waals surface area contributed by atoms with Gasteiger partial charge < -0.3 is 15.5 Å². The summed E-state index contributed by atoms with van der Waals surface area (Å²) in [6.45, 7) is 6.72. The molecule has 3 fully saturated rings. The van der Waals surface area contributed by atoms with Crippen molar-refractivity contribution >= 4 is 5.91 Å².